The second-order valence-corrected chi connectivity index (χ2v) is 8.85. The maximum Gasteiger partial charge on any atom is 0.251 e. The van der Waals surface area contributed by atoms with Crippen LogP contribution in [0.2, 0.25) is 0 Å². The van der Waals surface area contributed by atoms with Crippen LogP contribution in [-0.2, 0) is 16.1 Å². The second-order valence-electron chi connectivity index (χ2n) is 8.85. The van der Waals surface area contributed by atoms with Gasteiger partial charge in [-0.25, -0.2) is 0 Å². The summed E-state index contributed by atoms with van der Waals surface area (Å²) in [4.78, 5) is 41.5. The summed E-state index contributed by atoms with van der Waals surface area (Å²) < 4.78 is 1.90. The summed E-state index contributed by atoms with van der Waals surface area (Å²) in [7, 11) is 0. The zero-order chi connectivity index (χ0) is 20.7. The number of fused-ring (bicyclic) bond motifs is 4. The SMILES string of the molecule is O=C1CCCCN1CC(=O)N1C[C@@H]2C[C@H](C1)c1cc(-c3ccccc3)cc(=O)n1C2. The van der Waals surface area contributed by atoms with Gasteiger partial charge in [-0.3, -0.25) is 14.4 Å². The van der Waals surface area contributed by atoms with Gasteiger partial charge in [0.1, 0.15) is 0 Å². The van der Waals surface area contributed by atoms with Crippen molar-refractivity contribution in [1.82, 2.24) is 14.4 Å². The summed E-state index contributed by atoms with van der Waals surface area (Å²) in [6, 6.07) is 13.8. The topological polar surface area (TPSA) is 62.6 Å². The molecule has 5 rings (SSSR count). The first kappa shape index (κ1) is 19.1. The highest BCUT2D eigenvalue weighted by molar-refractivity contribution is 5.85. The molecule has 2 atom stereocenters. The van der Waals surface area contributed by atoms with E-state index >= 15 is 0 Å². The number of aromatic nitrogens is 1. The number of hydrogen-bond acceptors (Lipinski definition) is 3. The van der Waals surface area contributed by atoms with Crippen LogP contribution in [0.1, 0.15) is 37.3 Å². The third-order valence-corrected chi connectivity index (χ3v) is 6.76. The molecule has 2 aromatic rings. The zero-order valence-corrected chi connectivity index (χ0v) is 17.1. The van der Waals surface area contributed by atoms with Crippen LogP contribution in [0.15, 0.2) is 47.3 Å². The molecule has 30 heavy (non-hydrogen) atoms. The summed E-state index contributed by atoms with van der Waals surface area (Å²) in [5.74, 6) is 0.582. The van der Waals surface area contributed by atoms with E-state index in [2.05, 4.69) is 6.07 Å². The molecular formula is C24H27N3O3. The molecule has 0 unspecified atom stereocenters. The molecule has 0 radical (unpaired) electrons. The van der Waals surface area contributed by atoms with E-state index in [4.69, 9.17) is 0 Å². The van der Waals surface area contributed by atoms with Gasteiger partial charge in [0.25, 0.3) is 5.56 Å². The van der Waals surface area contributed by atoms with Gasteiger partial charge < -0.3 is 14.4 Å². The van der Waals surface area contributed by atoms with E-state index in [-0.39, 0.29) is 35.8 Å². The van der Waals surface area contributed by atoms with Gasteiger partial charge in [0.2, 0.25) is 11.8 Å². The highest BCUT2D eigenvalue weighted by Crippen LogP contribution is 2.36. The van der Waals surface area contributed by atoms with Crippen molar-refractivity contribution in [3.05, 3.63) is 58.5 Å². The molecule has 0 spiro atoms. The van der Waals surface area contributed by atoms with E-state index in [1.54, 1.807) is 11.0 Å². The van der Waals surface area contributed by atoms with Crippen LogP contribution in [-0.4, -0.2) is 52.4 Å². The van der Waals surface area contributed by atoms with Gasteiger partial charge in [0.05, 0.1) is 6.54 Å². The number of piperidine rings is 2. The van der Waals surface area contributed by atoms with Gasteiger partial charge in [-0.2, -0.15) is 0 Å². The molecule has 3 aliphatic rings. The molecule has 2 bridgehead atoms. The number of amides is 2. The highest BCUT2D eigenvalue weighted by atomic mass is 16.2. The minimum absolute atomic E-state index is 0.0370. The lowest BCUT2D eigenvalue weighted by atomic mass is 9.82. The van der Waals surface area contributed by atoms with E-state index in [1.165, 1.54) is 0 Å². The summed E-state index contributed by atoms with van der Waals surface area (Å²) in [5, 5.41) is 0. The molecule has 0 saturated carbocycles. The Morgan fingerprint density at radius 1 is 0.967 bits per heavy atom. The quantitative estimate of drug-likeness (QED) is 0.788. The molecule has 4 heterocycles. The first-order valence-corrected chi connectivity index (χ1v) is 10.9. The van der Waals surface area contributed by atoms with Crippen LogP contribution in [0.3, 0.4) is 0 Å². The Kier molecular flexibility index (Phi) is 4.93. The van der Waals surface area contributed by atoms with E-state index in [0.717, 1.165) is 36.1 Å². The number of likely N-dealkylation sites (tertiary alicyclic amines) is 2. The summed E-state index contributed by atoms with van der Waals surface area (Å²) in [6.07, 6.45) is 3.46. The van der Waals surface area contributed by atoms with Gasteiger partial charge in [0, 0.05) is 50.3 Å². The molecule has 1 aromatic heterocycles. The Balaban J connectivity index is 1.38. The Bertz CT molecular complexity index is 1030. The normalized spacial score (nSPS) is 23.3. The molecule has 2 fully saturated rings. The molecule has 6 heteroatoms. The van der Waals surface area contributed by atoms with Crippen molar-refractivity contribution >= 4 is 11.8 Å². The number of carbonyl (C=O) groups is 2. The van der Waals surface area contributed by atoms with Crippen LogP contribution in [0.25, 0.3) is 11.1 Å². The first-order chi connectivity index (χ1) is 14.6. The van der Waals surface area contributed by atoms with Crippen molar-refractivity contribution in [3.8, 4) is 11.1 Å². The van der Waals surface area contributed by atoms with Crippen LogP contribution in [0.5, 0.6) is 0 Å². The van der Waals surface area contributed by atoms with Crippen LogP contribution in [0, 0.1) is 5.92 Å². The Morgan fingerprint density at radius 3 is 2.60 bits per heavy atom. The Hall–Kier alpha value is -2.89. The number of rotatable bonds is 3. The van der Waals surface area contributed by atoms with Gasteiger partial charge in [0.15, 0.2) is 0 Å². The molecule has 2 saturated heterocycles. The Labute approximate surface area is 176 Å². The molecule has 156 valence electrons. The summed E-state index contributed by atoms with van der Waals surface area (Å²) >= 11 is 0. The van der Waals surface area contributed by atoms with Gasteiger partial charge in [-0.1, -0.05) is 30.3 Å². The third kappa shape index (κ3) is 3.55. The minimum atomic E-state index is 0.0370. The van der Waals surface area contributed by atoms with Crippen molar-refractivity contribution < 1.29 is 9.59 Å². The third-order valence-electron chi connectivity index (χ3n) is 6.76. The predicted octanol–water partition coefficient (Wildman–Crippen LogP) is 2.47. The smallest absolute Gasteiger partial charge is 0.251 e. The first-order valence-electron chi connectivity index (χ1n) is 10.9. The molecule has 6 nitrogen and oxygen atoms in total. The lowest BCUT2D eigenvalue weighted by molar-refractivity contribution is -0.143. The molecule has 2 amide bonds. The summed E-state index contributed by atoms with van der Waals surface area (Å²) in [6.45, 7) is 2.82. The fourth-order valence-electron chi connectivity index (χ4n) is 5.25. The average molecular weight is 405 g/mol. The van der Waals surface area contributed by atoms with E-state index in [0.29, 0.717) is 32.6 Å². The maximum atomic E-state index is 13.0. The lowest BCUT2D eigenvalue weighted by Crippen LogP contribution is -2.52. The lowest BCUT2D eigenvalue weighted by Gasteiger charge is -2.43. The summed E-state index contributed by atoms with van der Waals surface area (Å²) in [5.41, 5.74) is 3.05. The fraction of sp³-hybridized carbons (Fsp3) is 0.458. The number of pyridine rings is 1. The van der Waals surface area contributed by atoms with Gasteiger partial charge in [-0.15, -0.1) is 0 Å². The number of nitrogens with zero attached hydrogens (tertiary/aromatic N) is 3. The zero-order valence-electron chi connectivity index (χ0n) is 17.1. The van der Waals surface area contributed by atoms with Crippen molar-refractivity contribution in [3.63, 3.8) is 0 Å². The predicted molar refractivity (Wildman–Crippen MR) is 114 cm³/mol. The van der Waals surface area contributed by atoms with E-state index < -0.39 is 0 Å². The molecule has 0 aliphatic carbocycles. The number of benzene rings is 1. The maximum absolute atomic E-state index is 13.0. The van der Waals surface area contributed by atoms with Crippen LogP contribution in [0.4, 0.5) is 0 Å². The highest BCUT2D eigenvalue weighted by Gasteiger charge is 2.37. The number of hydrogen-bond donors (Lipinski definition) is 0. The number of carbonyl (C=O) groups excluding carboxylic acids is 2. The monoisotopic (exact) mass is 405 g/mol. The molecule has 1 aromatic carbocycles. The largest absolute Gasteiger partial charge is 0.340 e. The van der Waals surface area contributed by atoms with Gasteiger partial charge in [-0.05, 0) is 42.4 Å². The van der Waals surface area contributed by atoms with Gasteiger partial charge >= 0.3 is 0 Å². The molecule has 3 aliphatic heterocycles. The van der Waals surface area contributed by atoms with Crippen molar-refractivity contribution in [2.24, 2.45) is 5.92 Å². The average Bonchev–Trinajstić information content (AvgIpc) is 2.76. The molecular weight excluding hydrogens is 378 g/mol. The molecule has 0 N–H and O–H groups in total. The Morgan fingerprint density at radius 2 is 1.80 bits per heavy atom. The van der Waals surface area contributed by atoms with Crippen molar-refractivity contribution in [1.29, 1.82) is 0 Å². The van der Waals surface area contributed by atoms with Crippen LogP contribution < -0.4 is 5.56 Å². The van der Waals surface area contributed by atoms with Crippen molar-refractivity contribution in [2.45, 2.75) is 38.1 Å². The van der Waals surface area contributed by atoms with Crippen LogP contribution >= 0.6 is 0 Å². The second kappa shape index (κ2) is 7.74. The standard InChI is InChI=1S/C24H27N3O3/c28-22-8-4-5-9-25(22)16-24(30)26-13-17-10-20(15-26)21-11-19(12-23(29)27(21)14-17)18-6-2-1-3-7-18/h1-3,6-7,11-12,17,20H,4-5,8-10,13-16H2/t17-,20+/m0/s1. The fourth-order valence-corrected chi connectivity index (χ4v) is 5.25. The van der Waals surface area contributed by atoms with Crippen molar-refractivity contribution in [2.75, 3.05) is 26.2 Å². The van der Waals surface area contributed by atoms with E-state index in [1.807, 2.05) is 39.8 Å². The minimum Gasteiger partial charge on any atom is -0.340 e. The van der Waals surface area contributed by atoms with E-state index in [9.17, 15) is 14.4 Å².